The lowest BCUT2D eigenvalue weighted by Gasteiger charge is -2.12. The fourth-order valence-corrected chi connectivity index (χ4v) is 2.41. The van der Waals surface area contributed by atoms with Gasteiger partial charge in [0, 0.05) is 0 Å². The normalized spacial score (nSPS) is 14.9. The largest absolute Gasteiger partial charge is 0.457 e. The van der Waals surface area contributed by atoms with Crippen molar-refractivity contribution in [3.05, 3.63) is 71.3 Å². The van der Waals surface area contributed by atoms with E-state index in [4.69, 9.17) is 14.2 Å². The molecule has 0 saturated carbocycles. The Morgan fingerprint density at radius 2 is 1.68 bits per heavy atom. The lowest BCUT2D eigenvalue weighted by molar-refractivity contribution is -0.0810. The number of hydrogen-bond acceptors (Lipinski definition) is 4. The minimum atomic E-state index is -0.440. The zero-order valence-electron chi connectivity index (χ0n) is 12.2. The van der Waals surface area contributed by atoms with E-state index < -0.39 is 6.29 Å². The van der Waals surface area contributed by atoms with Crippen LogP contribution in [-0.4, -0.2) is 32.1 Å². The van der Waals surface area contributed by atoms with E-state index in [0.717, 1.165) is 11.1 Å². The molecular formula is C18H18O4. The fraction of sp³-hybridized carbons (Fsp3) is 0.278. The van der Waals surface area contributed by atoms with Crippen LogP contribution in [-0.2, 0) is 20.6 Å². The summed E-state index contributed by atoms with van der Waals surface area (Å²) in [4.78, 5) is 12.3. The number of benzene rings is 2. The average Bonchev–Trinajstić information content (AvgIpc) is 3.08. The highest BCUT2D eigenvalue weighted by Crippen LogP contribution is 2.16. The summed E-state index contributed by atoms with van der Waals surface area (Å²) in [6.45, 7) is 1.22. The van der Waals surface area contributed by atoms with Crippen LogP contribution in [0, 0.1) is 0 Å². The molecule has 0 radical (unpaired) electrons. The van der Waals surface area contributed by atoms with Crippen LogP contribution in [0.1, 0.15) is 21.5 Å². The van der Waals surface area contributed by atoms with Crippen LogP contribution in [0.4, 0.5) is 0 Å². The molecule has 3 rings (SSSR count). The SMILES string of the molecule is O=C(OCC1OCCO1)c1ccccc1Cc1ccccc1. The molecule has 1 heterocycles. The molecular weight excluding hydrogens is 280 g/mol. The quantitative estimate of drug-likeness (QED) is 0.796. The summed E-state index contributed by atoms with van der Waals surface area (Å²) in [6.07, 6.45) is 0.257. The highest BCUT2D eigenvalue weighted by molar-refractivity contribution is 5.91. The number of ether oxygens (including phenoxy) is 3. The second kappa shape index (κ2) is 7.20. The molecule has 2 aromatic carbocycles. The summed E-state index contributed by atoms with van der Waals surface area (Å²) in [6, 6.07) is 17.6. The zero-order chi connectivity index (χ0) is 15.2. The van der Waals surface area contributed by atoms with E-state index in [1.165, 1.54) is 0 Å². The van der Waals surface area contributed by atoms with Crippen molar-refractivity contribution in [3.8, 4) is 0 Å². The van der Waals surface area contributed by atoms with Gasteiger partial charge in [0.25, 0.3) is 0 Å². The van der Waals surface area contributed by atoms with Gasteiger partial charge in [-0.25, -0.2) is 4.79 Å². The Hall–Kier alpha value is -2.17. The maximum Gasteiger partial charge on any atom is 0.338 e. The molecule has 0 spiro atoms. The molecule has 1 aliphatic rings. The maximum absolute atomic E-state index is 12.3. The zero-order valence-corrected chi connectivity index (χ0v) is 12.2. The Kier molecular flexibility index (Phi) is 4.83. The Morgan fingerprint density at radius 3 is 2.45 bits per heavy atom. The fourth-order valence-electron chi connectivity index (χ4n) is 2.41. The van der Waals surface area contributed by atoms with Crippen LogP contribution in [0.5, 0.6) is 0 Å². The van der Waals surface area contributed by atoms with Crippen LogP contribution in [0.3, 0.4) is 0 Å². The first kappa shape index (κ1) is 14.8. The van der Waals surface area contributed by atoms with E-state index in [2.05, 4.69) is 0 Å². The van der Waals surface area contributed by atoms with Crippen molar-refractivity contribution in [1.29, 1.82) is 0 Å². The first-order chi connectivity index (χ1) is 10.8. The number of hydrogen-bond donors (Lipinski definition) is 0. The third kappa shape index (κ3) is 3.72. The highest BCUT2D eigenvalue weighted by atomic mass is 16.7. The molecule has 0 amide bonds. The van der Waals surface area contributed by atoms with E-state index in [9.17, 15) is 4.79 Å². The monoisotopic (exact) mass is 298 g/mol. The minimum absolute atomic E-state index is 0.124. The molecule has 22 heavy (non-hydrogen) atoms. The van der Waals surface area contributed by atoms with E-state index in [1.54, 1.807) is 6.07 Å². The topological polar surface area (TPSA) is 44.8 Å². The third-order valence-electron chi connectivity index (χ3n) is 3.52. The average molecular weight is 298 g/mol. The molecule has 0 atom stereocenters. The van der Waals surface area contributed by atoms with Gasteiger partial charge in [-0.15, -0.1) is 0 Å². The highest BCUT2D eigenvalue weighted by Gasteiger charge is 2.19. The van der Waals surface area contributed by atoms with Gasteiger partial charge in [-0.3, -0.25) is 0 Å². The van der Waals surface area contributed by atoms with Gasteiger partial charge in [-0.2, -0.15) is 0 Å². The number of carbonyl (C=O) groups excluding carboxylic acids is 1. The maximum atomic E-state index is 12.3. The summed E-state index contributed by atoms with van der Waals surface area (Å²) in [7, 11) is 0. The second-order valence-corrected chi connectivity index (χ2v) is 5.09. The Morgan fingerprint density at radius 1 is 1.00 bits per heavy atom. The summed E-state index contributed by atoms with van der Waals surface area (Å²) >= 11 is 0. The molecule has 0 unspecified atom stereocenters. The van der Waals surface area contributed by atoms with Gasteiger partial charge in [-0.05, 0) is 23.6 Å². The molecule has 0 aliphatic carbocycles. The van der Waals surface area contributed by atoms with Crippen molar-refractivity contribution in [2.45, 2.75) is 12.7 Å². The van der Waals surface area contributed by atoms with Gasteiger partial charge >= 0.3 is 5.97 Å². The van der Waals surface area contributed by atoms with E-state index >= 15 is 0 Å². The standard InChI is InChI=1S/C18H18O4/c19-18(22-13-17-20-10-11-21-17)16-9-5-4-8-15(16)12-14-6-2-1-3-7-14/h1-9,17H,10-13H2. The van der Waals surface area contributed by atoms with E-state index in [-0.39, 0.29) is 12.6 Å². The van der Waals surface area contributed by atoms with Crippen molar-refractivity contribution in [2.75, 3.05) is 19.8 Å². The van der Waals surface area contributed by atoms with Crippen LogP contribution in [0.25, 0.3) is 0 Å². The van der Waals surface area contributed by atoms with Gasteiger partial charge in [0.2, 0.25) is 0 Å². The Bertz CT molecular complexity index is 618. The van der Waals surface area contributed by atoms with Crippen molar-refractivity contribution in [2.24, 2.45) is 0 Å². The van der Waals surface area contributed by atoms with Gasteiger partial charge in [0.05, 0.1) is 18.8 Å². The van der Waals surface area contributed by atoms with Crippen molar-refractivity contribution in [3.63, 3.8) is 0 Å². The number of carbonyl (C=O) groups is 1. The third-order valence-corrected chi connectivity index (χ3v) is 3.52. The molecule has 114 valence electrons. The summed E-state index contributed by atoms with van der Waals surface area (Å²) in [5, 5.41) is 0. The van der Waals surface area contributed by atoms with Crippen LogP contribution in [0.15, 0.2) is 54.6 Å². The Balaban J connectivity index is 1.68. The molecule has 4 heteroatoms. The molecule has 2 aromatic rings. The first-order valence-electron chi connectivity index (χ1n) is 7.35. The van der Waals surface area contributed by atoms with Gasteiger partial charge < -0.3 is 14.2 Å². The summed E-state index contributed by atoms with van der Waals surface area (Å²) in [5.74, 6) is -0.342. The molecule has 0 aromatic heterocycles. The minimum Gasteiger partial charge on any atom is -0.457 e. The molecule has 0 bridgehead atoms. The first-order valence-corrected chi connectivity index (χ1v) is 7.35. The van der Waals surface area contributed by atoms with Gasteiger partial charge in [0.15, 0.2) is 6.29 Å². The molecule has 4 nitrogen and oxygen atoms in total. The van der Waals surface area contributed by atoms with E-state index in [0.29, 0.717) is 25.2 Å². The van der Waals surface area contributed by atoms with Gasteiger partial charge in [-0.1, -0.05) is 48.5 Å². The lowest BCUT2D eigenvalue weighted by Crippen LogP contribution is -2.20. The van der Waals surface area contributed by atoms with Crippen LogP contribution < -0.4 is 0 Å². The van der Waals surface area contributed by atoms with Crippen molar-refractivity contribution in [1.82, 2.24) is 0 Å². The molecule has 1 aliphatic heterocycles. The predicted octanol–water partition coefficient (Wildman–Crippen LogP) is 2.81. The Labute approximate surface area is 129 Å². The lowest BCUT2D eigenvalue weighted by atomic mass is 10.00. The van der Waals surface area contributed by atoms with Gasteiger partial charge in [0.1, 0.15) is 6.61 Å². The molecule has 1 saturated heterocycles. The van der Waals surface area contributed by atoms with Crippen molar-refractivity contribution < 1.29 is 19.0 Å². The second-order valence-electron chi connectivity index (χ2n) is 5.09. The van der Waals surface area contributed by atoms with Crippen molar-refractivity contribution >= 4 is 5.97 Å². The molecule has 0 N–H and O–H groups in total. The summed E-state index contributed by atoms with van der Waals surface area (Å²) in [5.41, 5.74) is 2.70. The van der Waals surface area contributed by atoms with Crippen LogP contribution >= 0.6 is 0 Å². The van der Waals surface area contributed by atoms with Crippen LogP contribution in [0.2, 0.25) is 0 Å². The molecule has 1 fully saturated rings. The summed E-state index contributed by atoms with van der Waals surface area (Å²) < 4.78 is 15.8. The smallest absolute Gasteiger partial charge is 0.338 e. The van der Waals surface area contributed by atoms with E-state index in [1.807, 2.05) is 48.5 Å². The predicted molar refractivity (Wildman–Crippen MR) is 81.7 cm³/mol. The number of rotatable bonds is 5. The number of esters is 1.